The van der Waals surface area contributed by atoms with Gasteiger partial charge >= 0.3 is 12.1 Å². The summed E-state index contributed by atoms with van der Waals surface area (Å²) < 4.78 is 6.38. The monoisotopic (exact) mass is 584 g/mol. The summed E-state index contributed by atoms with van der Waals surface area (Å²) in [5.41, 5.74) is 5.44. The molecular formula is C27H25IN2O5. The van der Waals surface area contributed by atoms with E-state index in [2.05, 4.69) is 52.2 Å². The van der Waals surface area contributed by atoms with E-state index in [0.717, 1.165) is 25.8 Å². The Labute approximate surface area is 217 Å². The van der Waals surface area contributed by atoms with E-state index in [0.29, 0.717) is 24.2 Å². The molecular weight excluding hydrogens is 559 g/mol. The second kappa shape index (κ2) is 10.9. The van der Waals surface area contributed by atoms with E-state index in [1.165, 1.54) is 4.90 Å². The number of anilines is 1. The smallest absolute Gasteiger partial charge is 0.411 e. The lowest BCUT2D eigenvalue weighted by Gasteiger charge is -2.18. The third-order valence-electron chi connectivity index (χ3n) is 5.97. The molecule has 1 aliphatic carbocycles. The average Bonchev–Trinajstić information content (AvgIpc) is 3.15. The van der Waals surface area contributed by atoms with E-state index >= 15 is 0 Å². The summed E-state index contributed by atoms with van der Waals surface area (Å²) >= 11 is 2.08. The molecule has 0 spiro atoms. The van der Waals surface area contributed by atoms with E-state index in [1.807, 2.05) is 24.3 Å². The third-order valence-corrected chi connectivity index (χ3v) is 6.59. The lowest BCUT2D eigenvalue weighted by Crippen LogP contribution is -2.28. The van der Waals surface area contributed by atoms with Crippen LogP contribution in [0.25, 0.3) is 11.1 Å². The van der Waals surface area contributed by atoms with Gasteiger partial charge in [0.1, 0.15) is 6.61 Å². The van der Waals surface area contributed by atoms with Crippen LogP contribution in [0, 0.1) is 3.57 Å². The highest BCUT2D eigenvalue weighted by atomic mass is 127. The third kappa shape index (κ3) is 5.82. The number of hydrogen-bond acceptors (Lipinski definition) is 4. The minimum Gasteiger partial charge on any atom is -0.481 e. The molecule has 3 aromatic rings. The molecule has 2 amide bonds. The number of fused-ring (bicyclic) bond motifs is 3. The van der Waals surface area contributed by atoms with Crippen molar-refractivity contribution in [3.05, 3.63) is 87.0 Å². The van der Waals surface area contributed by atoms with E-state index in [9.17, 15) is 14.4 Å². The number of rotatable bonds is 8. The fourth-order valence-electron chi connectivity index (χ4n) is 4.33. The van der Waals surface area contributed by atoms with Gasteiger partial charge in [-0.05, 0) is 69.5 Å². The molecule has 3 aromatic carbocycles. The van der Waals surface area contributed by atoms with Crippen molar-refractivity contribution in [2.45, 2.75) is 18.8 Å². The number of carbonyl (C=O) groups excluding carboxylic acids is 2. The molecule has 35 heavy (non-hydrogen) atoms. The summed E-state index contributed by atoms with van der Waals surface area (Å²) in [6, 6.07) is 21.3. The van der Waals surface area contributed by atoms with Gasteiger partial charge in [0.05, 0.1) is 0 Å². The molecule has 0 atom stereocenters. The van der Waals surface area contributed by atoms with E-state index in [-0.39, 0.29) is 24.9 Å². The van der Waals surface area contributed by atoms with E-state index < -0.39 is 12.1 Å². The molecule has 8 heteroatoms. The predicted octanol–water partition coefficient (Wildman–Crippen LogP) is 5.59. The number of carboxylic acid groups (broad SMARTS) is 1. The normalized spacial score (nSPS) is 11.9. The maximum Gasteiger partial charge on any atom is 0.411 e. The quantitative estimate of drug-likeness (QED) is 0.337. The molecule has 0 radical (unpaired) electrons. The van der Waals surface area contributed by atoms with Crippen LogP contribution in [0.15, 0.2) is 66.7 Å². The van der Waals surface area contributed by atoms with Gasteiger partial charge in [-0.3, -0.25) is 14.9 Å². The topological polar surface area (TPSA) is 95.9 Å². The molecule has 0 bridgehead atoms. The Hall–Kier alpha value is -3.40. The van der Waals surface area contributed by atoms with Crippen molar-refractivity contribution in [3.63, 3.8) is 0 Å². The van der Waals surface area contributed by atoms with Gasteiger partial charge in [0.15, 0.2) is 0 Å². The zero-order valence-corrected chi connectivity index (χ0v) is 21.3. The van der Waals surface area contributed by atoms with Gasteiger partial charge in [-0.2, -0.15) is 0 Å². The maximum absolute atomic E-state index is 12.8. The van der Waals surface area contributed by atoms with Crippen molar-refractivity contribution < 1.29 is 24.2 Å². The highest BCUT2D eigenvalue weighted by Crippen LogP contribution is 2.44. The highest BCUT2D eigenvalue weighted by Gasteiger charge is 2.29. The molecule has 4 rings (SSSR count). The molecule has 0 unspecified atom stereocenters. The van der Waals surface area contributed by atoms with E-state index in [4.69, 9.17) is 9.84 Å². The van der Waals surface area contributed by atoms with Crippen molar-refractivity contribution in [1.29, 1.82) is 0 Å². The Morgan fingerprint density at radius 3 is 2.26 bits per heavy atom. The largest absolute Gasteiger partial charge is 0.481 e. The van der Waals surface area contributed by atoms with Gasteiger partial charge in [0.25, 0.3) is 5.91 Å². The molecule has 0 saturated carbocycles. The molecule has 0 heterocycles. The summed E-state index contributed by atoms with van der Waals surface area (Å²) in [5, 5.41) is 11.5. The minimum absolute atomic E-state index is 0.00145. The SMILES string of the molecule is CN(CCCC(=O)O)C(=O)c1cc(I)cc(NC(=O)OCC2c3ccccc3-c3ccccc32)c1. The Kier molecular flexibility index (Phi) is 7.70. The van der Waals surface area contributed by atoms with Gasteiger partial charge in [-0.25, -0.2) is 4.79 Å². The zero-order chi connectivity index (χ0) is 24.9. The number of benzene rings is 3. The number of carbonyl (C=O) groups is 3. The number of nitrogens with zero attached hydrogens (tertiary/aromatic N) is 1. The number of ether oxygens (including phenoxy) is 1. The van der Waals surface area contributed by atoms with Crippen LogP contribution >= 0.6 is 22.6 Å². The fraction of sp³-hybridized carbons (Fsp3) is 0.222. The molecule has 0 aromatic heterocycles. The first-order chi connectivity index (χ1) is 16.8. The van der Waals surface area contributed by atoms with Crippen LogP contribution in [0.4, 0.5) is 10.5 Å². The van der Waals surface area contributed by atoms with Crippen LogP contribution in [0.2, 0.25) is 0 Å². The predicted molar refractivity (Wildman–Crippen MR) is 142 cm³/mol. The number of aliphatic carboxylic acids is 1. The van der Waals surface area contributed by atoms with Crippen molar-refractivity contribution in [2.75, 3.05) is 25.5 Å². The fourth-order valence-corrected chi connectivity index (χ4v) is 5.00. The first-order valence-electron chi connectivity index (χ1n) is 11.2. The van der Waals surface area contributed by atoms with Gasteiger partial charge in [-0.1, -0.05) is 48.5 Å². The van der Waals surface area contributed by atoms with Gasteiger partial charge in [0.2, 0.25) is 0 Å². The standard InChI is InChI=1S/C27H25IN2O5/c1-30(12-6-11-25(31)32)26(33)17-13-18(28)15-19(14-17)29-27(34)35-16-24-22-9-4-2-7-20(22)21-8-3-5-10-23(21)24/h2-5,7-10,13-15,24H,6,11-12,16H2,1H3,(H,29,34)(H,31,32). The minimum atomic E-state index is -0.894. The first kappa shape index (κ1) is 24.7. The van der Waals surface area contributed by atoms with E-state index in [1.54, 1.807) is 25.2 Å². The van der Waals surface area contributed by atoms with Crippen LogP contribution in [0.1, 0.15) is 40.2 Å². The zero-order valence-electron chi connectivity index (χ0n) is 19.2. The number of hydrogen-bond donors (Lipinski definition) is 2. The van der Waals surface area contributed by atoms with Crippen molar-refractivity contribution in [3.8, 4) is 11.1 Å². The Balaban J connectivity index is 1.40. The lowest BCUT2D eigenvalue weighted by molar-refractivity contribution is -0.137. The van der Waals surface area contributed by atoms with Gasteiger partial charge in [-0.15, -0.1) is 0 Å². The van der Waals surface area contributed by atoms with Crippen molar-refractivity contribution in [2.24, 2.45) is 0 Å². The summed E-state index contributed by atoms with van der Waals surface area (Å²) in [6.07, 6.45) is -0.229. The van der Waals surface area contributed by atoms with Crippen LogP contribution < -0.4 is 5.32 Å². The molecule has 7 nitrogen and oxygen atoms in total. The van der Waals surface area contributed by atoms with Crippen molar-refractivity contribution in [1.82, 2.24) is 4.90 Å². The summed E-state index contributed by atoms with van der Waals surface area (Å²) in [7, 11) is 1.63. The molecule has 0 fully saturated rings. The molecule has 0 saturated heterocycles. The number of nitrogens with one attached hydrogen (secondary N) is 1. The maximum atomic E-state index is 12.8. The summed E-state index contributed by atoms with van der Waals surface area (Å²) in [4.78, 5) is 37.6. The average molecular weight is 584 g/mol. The molecule has 2 N–H and O–H groups in total. The van der Waals surface area contributed by atoms with Crippen LogP contribution in [0.3, 0.4) is 0 Å². The molecule has 1 aliphatic rings. The number of halogens is 1. The molecule has 0 aliphatic heterocycles. The van der Waals surface area contributed by atoms with Gasteiger partial charge < -0.3 is 14.7 Å². The van der Waals surface area contributed by atoms with Crippen LogP contribution in [0.5, 0.6) is 0 Å². The Bertz CT molecular complexity index is 1230. The first-order valence-corrected chi connectivity index (χ1v) is 12.3. The molecule has 180 valence electrons. The summed E-state index contributed by atoms with van der Waals surface area (Å²) in [6.45, 7) is 0.521. The highest BCUT2D eigenvalue weighted by molar-refractivity contribution is 14.1. The Morgan fingerprint density at radius 1 is 1.00 bits per heavy atom. The second-order valence-corrected chi connectivity index (χ2v) is 9.65. The lowest BCUT2D eigenvalue weighted by atomic mass is 9.98. The summed E-state index contributed by atoms with van der Waals surface area (Å²) in [5.74, 6) is -1.18. The Morgan fingerprint density at radius 2 is 1.63 bits per heavy atom. The van der Waals surface area contributed by atoms with Crippen molar-refractivity contribution >= 4 is 46.2 Å². The second-order valence-electron chi connectivity index (χ2n) is 8.40. The van der Waals surface area contributed by atoms with Crippen LogP contribution in [-0.2, 0) is 9.53 Å². The van der Waals surface area contributed by atoms with Crippen LogP contribution in [-0.4, -0.2) is 48.2 Å². The van der Waals surface area contributed by atoms with Gasteiger partial charge in [0, 0.05) is 40.8 Å². The number of amides is 2. The number of carboxylic acids is 1.